The molecule has 1 aromatic carbocycles. The summed E-state index contributed by atoms with van der Waals surface area (Å²) in [6, 6.07) is 12.4. The molecule has 10 heteroatoms. The van der Waals surface area contributed by atoms with E-state index in [-0.39, 0.29) is 30.3 Å². The first-order chi connectivity index (χ1) is 15.2. The maximum Gasteiger partial charge on any atom is 0.573 e. The third-order valence-corrected chi connectivity index (χ3v) is 4.58. The third kappa shape index (κ3) is 6.81. The predicted octanol–water partition coefficient (Wildman–Crippen LogP) is 4.48. The van der Waals surface area contributed by atoms with Gasteiger partial charge < -0.3 is 20.5 Å². The van der Waals surface area contributed by atoms with E-state index < -0.39 is 6.36 Å². The second-order valence-corrected chi connectivity index (χ2v) is 7.39. The summed E-state index contributed by atoms with van der Waals surface area (Å²) in [6.07, 6.45) is -3.12. The molecule has 0 radical (unpaired) electrons. The van der Waals surface area contributed by atoms with Crippen molar-refractivity contribution in [3.63, 3.8) is 0 Å². The molecule has 170 valence electrons. The van der Waals surface area contributed by atoms with Crippen molar-refractivity contribution in [1.29, 1.82) is 0 Å². The molecule has 3 rings (SSSR count). The standard InChI is InChI=1S/C22H24F3N5O2/c1-14(2)19(13-31)29-21-28-18(15-6-5-8-17(10-15)32-22(23,24)25)11-20(30-21)27-12-16-7-3-4-9-26-16/h3-11,14,19,31H,12-13H2,1-2H3,(H2,27,28,29,30)/t19-/m1/s1. The monoisotopic (exact) mass is 447 g/mol. The van der Waals surface area contributed by atoms with Gasteiger partial charge in [0, 0.05) is 17.8 Å². The zero-order chi connectivity index (χ0) is 23.1. The second kappa shape index (κ2) is 10.3. The van der Waals surface area contributed by atoms with Gasteiger partial charge >= 0.3 is 6.36 Å². The Balaban J connectivity index is 1.93. The van der Waals surface area contributed by atoms with E-state index in [9.17, 15) is 18.3 Å². The van der Waals surface area contributed by atoms with Crippen molar-refractivity contribution in [2.24, 2.45) is 5.92 Å². The highest BCUT2D eigenvalue weighted by Gasteiger charge is 2.31. The molecule has 0 aliphatic carbocycles. The van der Waals surface area contributed by atoms with Crippen LogP contribution in [0.3, 0.4) is 0 Å². The van der Waals surface area contributed by atoms with Gasteiger partial charge in [0.15, 0.2) is 0 Å². The van der Waals surface area contributed by atoms with Crippen LogP contribution in [0.25, 0.3) is 11.3 Å². The molecule has 0 saturated heterocycles. The Labute approximate surface area is 183 Å². The number of hydrogen-bond donors (Lipinski definition) is 3. The second-order valence-electron chi connectivity index (χ2n) is 7.39. The normalized spacial score (nSPS) is 12.5. The SMILES string of the molecule is CC(C)[C@@H](CO)Nc1nc(NCc2ccccn2)cc(-c2cccc(OC(F)(F)F)c2)n1. The Bertz CT molecular complexity index is 1020. The maximum atomic E-state index is 12.6. The van der Waals surface area contributed by atoms with Crippen molar-refractivity contribution in [3.05, 3.63) is 60.4 Å². The summed E-state index contributed by atoms with van der Waals surface area (Å²) >= 11 is 0. The zero-order valence-corrected chi connectivity index (χ0v) is 17.6. The molecule has 7 nitrogen and oxygen atoms in total. The fourth-order valence-electron chi connectivity index (χ4n) is 2.88. The number of nitrogens with one attached hydrogen (secondary N) is 2. The van der Waals surface area contributed by atoms with Gasteiger partial charge in [-0.3, -0.25) is 4.98 Å². The number of nitrogens with zero attached hydrogens (tertiary/aromatic N) is 3. The molecule has 0 fully saturated rings. The first-order valence-corrected chi connectivity index (χ1v) is 10.00. The number of ether oxygens (including phenoxy) is 1. The van der Waals surface area contributed by atoms with Crippen LogP contribution in [0.4, 0.5) is 24.9 Å². The van der Waals surface area contributed by atoms with Gasteiger partial charge in [0.05, 0.1) is 30.6 Å². The smallest absolute Gasteiger partial charge is 0.406 e. The van der Waals surface area contributed by atoms with E-state index in [1.807, 2.05) is 32.0 Å². The van der Waals surface area contributed by atoms with Crippen molar-refractivity contribution in [2.45, 2.75) is 32.8 Å². The molecule has 0 bridgehead atoms. The summed E-state index contributed by atoms with van der Waals surface area (Å²) in [5.74, 6) is 0.439. The van der Waals surface area contributed by atoms with Crippen LogP contribution in [0.1, 0.15) is 19.5 Å². The highest BCUT2D eigenvalue weighted by molar-refractivity contribution is 5.66. The number of anilines is 2. The number of halogens is 3. The highest BCUT2D eigenvalue weighted by atomic mass is 19.4. The highest BCUT2D eigenvalue weighted by Crippen LogP contribution is 2.29. The van der Waals surface area contributed by atoms with Crippen LogP contribution in [-0.2, 0) is 6.54 Å². The van der Waals surface area contributed by atoms with Gasteiger partial charge in [-0.2, -0.15) is 4.98 Å². The molecule has 2 aromatic heterocycles. The number of rotatable bonds is 9. The van der Waals surface area contributed by atoms with Crippen LogP contribution in [0, 0.1) is 5.92 Å². The van der Waals surface area contributed by atoms with Gasteiger partial charge in [0.1, 0.15) is 11.6 Å². The lowest BCUT2D eigenvalue weighted by Gasteiger charge is -2.21. The molecular weight excluding hydrogens is 423 g/mol. The van der Waals surface area contributed by atoms with Crippen molar-refractivity contribution >= 4 is 11.8 Å². The summed E-state index contributed by atoms with van der Waals surface area (Å²) in [6.45, 7) is 4.14. The Morgan fingerprint density at radius 1 is 1.06 bits per heavy atom. The minimum atomic E-state index is -4.79. The topological polar surface area (TPSA) is 92.2 Å². The summed E-state index contributed by atoms with van der Waals surface area (Å²) < 4.78 is 41.9. The average molecular weight is 447 g/mol. The predicted molar refractivity (Wildman–Crippen MR) is 115 cm³/mol. The van der Waals surface area contributed by atoms with E-state index in [0.717, 1.165) is 5.69 Å². The Morgan fingerprint density at radius 3 is 2.53 bits per heavy atom. The molecular formula is C22H24F3N5O2. The fraction of sp³-hybridized carbons (Fsp3) is 0.318. The lowest BCUT2D eigenvalue weighted by molar-refractivity contribution is -0.274. The molecule has 3 N–H and O–H groups in total. The largest absolute Gasteiger partial charge is 0.573 e. The number of alkyl halides is 3. The van der Waals surface area contributed by atoms with E-state index in [4.69, 9.17) is 0 Å². The molecule has 0 spiro atoms. The Kier molecular flexibility index (Phi) is 7.47. The maximum absolute atomic E-state index is 12.6. The number of benzene rings is 1. The molecule has 1 atom stereocenters. The first kappa shape index (κ1) is 23.3. The molecule has 0 saturated carbocycles. The lowest BCUT2D eigenvalue weighted by Crippen LogP contribution is -2.30. The van der Waals surface area contributed by atoms with Crippen molar-refractivity contribution < 1.29 is 23.0 Å². The summed E-state index contributed by atoms with van der Waals surface area (Å²) in [4.78, 5) is 13.1. The minimum Gasteiger partial charge on any atom is -0.406 e. The van der Waals surface area contributed by atoms with E-state index >= 15 is 0 Å². The number of aromatic nitrogens is 3. The van der Waals surface area contributed by atoms with Crippen molar-refractivity contribution in [1.82, 2.24) is 15.0 Å². The molecule has 0 aliphatic heterocycles. The third-order valence-electron chi connectivity index (χ3n) is 4.58. The van der Waals surface area contributed by atoms with E-state index in [1.54, 1.807) is 18.3 Å². The van der Waals surface area contributed by atoms with E-state index in [1.165, 1.54) is 18.2 Å². The van der Waals surface area contributed by atoms with E-state index in [2.05, 4.69) is 30.3 Å². The number of pyridine rings is 1. The van der Waals surface area contributed by atoms with Crippen molar-refractivity contribution in [2.75, 3.05) is 17.2 Å². The van der Waals surface area contributed by atoms with Gasteiger partial charge in [-0.1, -0.05) is 32.0 Å². The first-order valence-electron chi connectivity index (χ1n) is 10.00. The lowest BCUT2D eigenvalue weighted by atomic mass is 10.1. The molecule has 32 heavy (non-hydrogen) atoms. The average Bonchev–Trinajstić information content (AvgIpc) is 2.75. The van der Waals surface area contributed by atoms with Gasteiger partial charge in [-0.15, -0.1) is 13.2 Å². The Morgan fingerprint density at radius 2 is 1.88 bits per heavy atom. The van der Waals surface area contributed by atoms with Gasteiger partial charge in [-0.25, -0.2) is 4.98 Å². The van der Waals surface area contributed by atoms with Gasteiger partial charge in [0.25, 0.3) is 0 Å². The quantitative estimate of drug-likeness (QED) is 0.445. The molecule has 0 unspecified atom stereocenters. The zero-order valence-electron chi connectivity index (χ0n) is 17.6. The summed E-state index contributed by atoms with van der Waals surface area (Å²) in [7, 11) is 0. The van der Waals surface area contributed by atoms with Crippen LogP contribution in [0.2, 0.25) is 0 Å². The van der Waals surface area contributed by atoms with Crippen LogP contribution in [0.5, 0.6) is 5.75 Å². The Hall–Kier alpha value is -3.40. The van der Waals surface area contributed by atoms with E-state index in [0.29, 0.717) is 23.6 Å². The number of aliphatic hydroxyl groups is 1. The van der Waals surface area contributed by atoms with Crippen LogP contribution >= 0.6 is 0 Å². The molecule has 0 aliphatic rings. The molecule has 0 amide bonds. The number of hydrogen-bond acceptors (Lipinski definition) is 7. The molecule has 2 heterocycles. The number of aliphatic hydroxyl groups excluding tert-OH is 1. The molecule has 3 aromatic rings. The van der Waals surface area contributed by atoms with Gasteiger partial charge in [-0.05, 0) is 30.2 Å². The van der Waals surface area contributed by atoms with Crippen LogP contribution in [0.15, 0.2) is 54.7 Å². The summed E-state index contributed by atoms with van der Waals surface area (Å²) in [5, 5.41) is 15.9. The fourth-order valence-corrected chi connectivity index (χ4v) is 2.88. The summed E-state index contributed by atoms with van der Waals surface area (Å²) in [5.41, 5.74) is 1.60. The van der Waals surface area contributed by atoms with Crippen molar-refractivity contribution in [3.8, 4) is 17.0 Å². The van der Waals surface area contributed by atoms with Crippen LogP contribution < -0.4 is 15.4 Å². The van der Waals surface area contributed by atoms with Gasteiger partial charge in [0.2, 0.25) is 5.95 Å². The minimum absolute atomic E-state index is 0.0979. The van der Waals surface area contributed by atoms with Crippen LogP contribution in [-0.4, -0.2) is 39.1 Å².